The van der Waals surface area contributed by atoms with Gasteiger partial charge in [-0.3, -0.25) is 0 Å². The number of aryl methyl sites for hydroxylation is 1. The molecule has 0 unspecified atom stereocenters. The zero-order chi connectivity index (χ0) is 15.6. The van der Waals surface area contributed by atoms with Crippen LogP contribution in [0.5, 0.6) is 11.5 Å². The van der Waals surface area contributed by atoms with E-state index in [4.69, 9.17) is 14.6 Å². The minimum absolute atomic E-state index is 0. The van der Waals surface area contributed by atoms with Crippen LogP contribution in [-0.2, 0) is 13.1 Å². The lowest BCUT2D eigenvalue weighted by molar-refractivity contribution is 0.196. The van der Waals surface area contributed by atoms with Crippen LogP contribution in [0, 0.1) is 0 Å². The van der Waals surface area contributed by atoms with Crippen LogP contribution in [0.25, 0.3) is 0 Å². The molecule has 0 amide bonds. The second kappa shape index (κ2) is 10.9. The van der Waals surface area contributed by atoms with Gasteiger partial charge in [0, 0.05) is 25.5 Å². The predicted octanol–water partition coefficient (Wildman–Crippen LogP) is 1.86. The van der Waals surface area contributed by atoms with Gasteiger partial charge in [-0.15, -0.1) is 12.4 Å². The molecule has 1 aromatic heterocycles. The lowest BCUT2D eigenvalue weighted by Gasteiger charge is -2.12. The van der Waals surface area contributed by atoms with E-state index in [0.29, 0.717) is 11.5 Å². The molecule has 2 rings (SSSR count). The lowest BCUT2D eigenvalue weighted by Crippen LogP contribution is -2.16. The van der Waals surface area contributed by atoms with E-state index >= 15 is 0 Å². The van der Waals surface area contributed by atoms with Crippen LogP contribution in [0.15, 0.2) is 36.9 Å². The zero-order valence-electron chi connectivity index (χ0n) is 13.3. The third-order valence-corrected chi connectivity index (χ3v) is 3.24. The van der Waals surface area contributed by atoms with Gasteiger partial charge in [-0.25, -0.2) is 4.98 Å². The molecular formula is C16H24ClN3O3. The van der Waals surface area contributed by atoms with Crippen molar-refractivity contribution in [3.05, 3.63) is 42.5 Å². The van der Waals surface area contributed by atoms with Crippen molar-refractivity contribution in [1.29, 1.82) is 0 Å². The highest BCUT2D eigenvalue weighted by atomic mass is 35.5. The summed E-state index contributed by atoms with van der Waals surface area (Å²) in [6.07, 6.45) is 6.64. The molecule has 7 heteroatoms. The van der Waals surface area contributed by atoms with Crippen molar-refractivity contribution in [2.24, 2.45) is 0 Å². The Kier molecular flexibility index (Phi) is 9.12. The topological polar surface area (TPSA) is 68.5 Å². The van der Waals surface area contributed by atoms with Gasteiger partial charge in [0.2, 0.25) is 0 Å². The number of nitrogens with one attached hydrogen (secondary N) is 1. The van der Waals surface area contributed by atoms with E-state index in [0.717, 1.165) is 31.6 Å². The number of benzene rings is 1. The monoisotopic (exact) mass is 341 g/mol. The predicted molar refractivity (Wildman–Crippen MR) is 91.4 cm³/mol. The normalized spacial score (nSPS) is 10.2. The number of rotatable bonds is 10. The minimum atomic E-state index is -0.0105. The van der Waals surface area contributed by atoms with Gasteiger partial charge in [0.25, 0.3) is 0 Å². The molecule has 0 aliphatic heterocycles. The Bertz CT molecular complexity index is 550. The number of aliphatic hydroxyl groups excluding tert-OH is 1. The van der Waals surface area contributed by atoms with E-state index in [-0.39, 0.29) is 25.6 Å². The van der Waals surface area contributed by atoms with Gasteiger partial charge in [-0.2, -0.15) is 0 Å². The molecule has 0 aliphatic carbocycles. The molecule has 23 heavy (non-hydrogen) atoms. The maximum Gasteiger partial charge on any atom is 0.161 e. The lowest BCUT2D eigenvalue weighted by atomic mass is 10.2. The first-order valence-corrected chi connectivity index (χ1v) is 7.40. The number of hydrogen-bond acceptors (Lipinski definition) is 5. The van der Waals surface area contributed by atoms with Crippen LogP contribution in [0.4, 0.5) is 0 Å². The van der Waals surface area contributed by atoms with Crippen LogP contribution >= 0.6 is 12.4 Å². The number of hydrogen-bond donors (Lipinski definition) is 2. The van der Waals surface area contributed by atoms with Gasteiger partial charge in [-0.1, -0.05) is 6.07 Å². The molecule has 1 aromatic carbocycles. The highest BCUT2D eigenvalue weighted by Gasteiger charge is 2.05. The number of halogens is 1. The summed E-state index contributed by atoms with van der Waals surface area (Å²) in [5.41, 5.74) is 1.14. The van der Waals surface area contributed by atoms with Crippen LogP contribution < -0.4 is 14.8 Å². The van der Waals surface area contributed by atoms with Gasteiger partial charge < -0.3 is 24.5 Å². The zero-order valence-corrected chi connectivity index (χ0v) is 14.1. The van der Waals surface area contributed by atoms with Gasteiger partial charge in [0.05, 0.1) is 20.0 Å². The molecule has 128 valence electrons. The van der Waals surface area contributed by atoms with Crippen LogP contribution in [0.3, 0.4) is 0 Å². The Labute approximate surface area is 142 Å². The first kappa shape index (κ1) is 19.3. The summed E-state index contributed by atoms with van der Waals surface area (Å²) in [7, 11) is 1.61. The van der Waals surface area contributed by atoms with Crippen molar-refractivity contribution in [1.82, 2.24) is 14.9 Å². The van der Waals surface area contributed by atoms with Crippen LogP contribution in [0.1, 0.15) is 12.0 Å². The van der Waals surface area contributed by atoms with Gasteiger partial charge in [-0.05, 0) is 30.7 Å². The molecule has 2 N–H and O–H groups in total. The Morgan fingerprint density at radius 2 is 2.17 bits per heavy atom. The largest absolute Gasteiger partial charge is 0.493 e. The van der Waals surface area contributed by atoms with Crippen LogP contribution in [-0.4, -0.2) is 41.5 Å². The summed E-state index contributed by atoms with van der Waals surface area (Å²) in [6, 6.07) is 5.82. The van der Waals surface area contributed by atoms with Crippen molar-refractivity contribution < 1.29 is 14.6 Å². The molecule has 0 bridgehead atoms. The average Bonchev–Trinajstić information content (AvgIpc) is 3.06. The molecule has 0 fully saturated rings. The molecule has 2 aromatic rings. The summed E-state index contributed by atoms with van der Waals surface area (Å²) in [5, 5.41) is 12.2. The van der Waals surface area contributed by atoms with E-state index in [2.05, 4.69) is 14.9 Å². The molecule has 6 nitrogen and oxygen atoms in total. The maximum absolute atomic E-state index is 8.80. The SMILES string of the molecule is COc1cc(CNCCCn2ccnc2)ccc1OCCO.Cl. The summed E-state index contributed by atoms with van der Waals surface area (Å²) >= 11 is 0. The second-order valence-electron chi connectivity index (χ2n) is 4.89. The van der Waals surface area contributed by atoms with Crippen molar-refractivity contribution in [3.63, 3.8) is 0 Å². The van der Waals surface area contributed by atoms with E-state index < -0.39 is 0 Å². The smallest absolute Gasteiger partial charge is 0.161 e. The van der Waals surface area contributed by atoms with Gasteiger partial charge in [0.15, 0.2) is 11.5 Å². The fourth-order valence-corrected chi connectivity index (χ4v) is 2.14. The van der Waals surface area contributed by atoms with Crippen molar-refractivity contribution in [2.75, 3.05) is 26.9 Å². The fourth-order valence-electron chi connectivity index (χ4n) is 2.14. The molecule has 0 atom stereocenters. The first-order valence-electron chi connectivity index (χ1n) is 7.40. The Balaban J connectivity index is 0.00000264. The van der Waals surface area contributed by atoms with Crippen LogP contribution in [0.2, 0.25) is 0 Å². The summed E-state index contributed by atoms with van der Waals surface area (Å²) in [6.45, 7) is 2.93. The third kappa shape index (κ3) is 6.48. The molecule has 0 saturated heterocycles. The van der Waals surface area contributed by atoms with Gasteiger partial charge >= 0.3 is 0 Å². The molecule has 1 heterocycles. The molecule has 0 aliphatic rings. The Hall–Kier alpha value is -1.76. The van der Waals surface area contributed by atoms with E-state index in [1.807, 2.05) is 30.7 Å². The summed E-state index contributed by atoms with van der Waals surface area (Å²) < 4.78 is 12.8. The number of methoxy groups -OCH3 is 1. The number of aromatic nitrogens is 2. The number of aliphatic hydroxyl groups is 1. The highest BCUT2D eigenvalue weighted by molar-refractivity contribution is 5.85. The molecule has 0 radical (unpaired) electrons. The Morgan fingerprint density at radius 3 is 2.87 bits per heavy atom. The van der Waals surface area contributed by atoms with Crippen molar-refractivity contribution in [2.45, 2.75) is 19.5 Å². The van der Waals surface area contributed by atoms with E-state index in [1.54, 1.807) is 13.3 Å². The standard InChI is InChI=1S/C16H23N3O3.ClH/c1-21-16-11-14(3-4-15(16)22-10-9-20)12-17-5-2-7-19-8-6-18-13-19;/h3-4,6,8,11,13,17,20H,2,5,7,9-10,12H2,1H3;1H. The number of nitrogens with zero attached hydrogens (tertiary/aromatic N) is 2. The summed E-state index contributed by atoms with van der Waals surface area (Å²) in [4.78, 5) is 4.02. The average molecular weight is 342 g/mol. The molecular weight excluding hydrogens is 318 g/mol. The fraction of sp³-hybridized carbons (Fsp3) is 0.438. The maximum atomic E-state index is 8.80. The van der Waals surface area contributed by atoms with E-state index in [1.165, 1.54) is 0 Å². The summed E-state index contributed by atoms with van der Waals surface area (Å²) in [5.74, 6) is 1.34. The Morgan fingerprint density at radius 1 is 1.30 bits per heavy atom. The van der Waals surface area contributed by atoms with Crippen molar-refractivity contribution in [3.8, 4) is 11.5 Å². The van der Waals surface area contributed by atoms with Crippen molar-refractivity contribution >= 4 is 12.4 Å². The molecule has 0 saturated carbocycles. The minimum Gasteiger partial charge on any atom is -0.493 e. The number of ether oxygens (including phenoxy) is 2. The first-order chi connectivity index (χ1) is 10.8. The van der Waals surface area contributed by atoms with E-state index in [9.17, 15) is 0 Å². The quantitative estimate of drug-likeness (QED) is 0.646. The second-order valence-corrected chi connectivity index (χ2v) is 4.89. The van der Waals surface area contributed by atoms with Gasteiger partial charge in [0.1, 0.15) is 6.61 Å². The highest BCUT2D eigenvalue weighted by Crippen LogP contribution is 2.27. The third-order valence-electron chi connectivity index (χ3n) is 3.24. The molecule has 0 spiro atoms. The number of imidazole rings is 1.